The van der Waals surface area contributed by atoms with Gasteiger partial charge in [-0.1, -0.05) is 51.1 Å². The molecule has 1 aromatic rings. The predicted octanol–water partition coefficient (Wildman–Crippen LogP) is 2.96. The Morgan fingerprint density at radius 3 is 2.36 bits per heavy atom. The van der Waals surface area contributed by atoms with Crippen molar-refractivity contribution >= 4 is 0 Å². The van der Waals surface area contributed by atoms with Crippen LogP contribution in [-0.4, -0.2) is 13.1 Å². The maximum Gasteiger partial charge on any atom is 0.00431 e. The first-order valence-electron chi connectivity index (χ1n) is 5.43. The summed E-state index contributed by atoms with van der Waals surface area (Å²) in [5, 5.41) is 3.47. The zero-order chi connectivity index (χ0) is 10.4. The molecule has 0 radical (unpaired) electrons. The van der Waals surface area contributed by atoms with Gasteiger partial charge in [-0.25, -0.2) is 0 Å². The fourth-order valence-electron chi connectivity index (χ4n) is 1.57. The zero-order valence-electron chi connectivity index (χ0n) is 9.51. The average molecular weight is 191 g/mol. The van der Waals surface area contributed by atoms with Gasteiger partial charge in [0.1, 0.15) is 0 Å². The third-order valence-electron chi connectivity index (χ3n) is 2.55. The average Bonchev–Trinajstić information content (AvgIpc) is 2.19. The van der Waals surface area contributed by atoms with Crippen LogP contribution >= 0.6 is 0 Å². The lowest BCUT2D eigenvalue weighted by Crippen LogP contribution is -2.33. The summed E-state index contributed by atoms with van der Waals surface area (Å²) in [5.41, 5.74) is 1.64. The van der Waals surface area contributed by atoms with Gasteiger partial charge in [0.25, 0.3) is 0 Å². The molecule has 0 fully saturated rings. The third-order valence-corrected chi connectivity index (χ3v) is 2.55. The van der Waals surface area contributed by atoms with Crippen LogP contribution in [0.4, 0.5) is 0 Å². The van der Waals surface area contributed by atoms with Crippen LogP contribution in [0.2, 0.25) is 0 Å². The van der Waals surface area contributed by atoms with Crippen molar-refractivity contribution in [3.63, 3.8) is 0 Å². The van der Waals surface area contributed by atoms with Crippen molar-refractivity contribution in [1.29, 1.82) is 0 Å². The van der Waals surface area contributed by atoms with Crippen LogP contribution in [0.3, 0.4) is 0 Å². The molecule has 0 amide bonds. The molecule has 0 bridgehead atoms. The molecule has 1 heteroatoms. The van der Waals surface area contributed by atoms with Crippen LogP contribution in [0.1, 0.15) is 32.8 Å². The Hall–Kier alpha value is -0.820. The summed E-state index contributed by atoms with van der Waals surface area (Å²) in [7, 11) is 0. The van der Waals surface area contributed by atoms with Gasteiger partial charge in [-0.05, 0) is 18.5 Å². The molecule has 1 aromatic carbocycles. The molecule has 0 aromatic heterocycles. The molecular weight excluding hydrogens is 170 g/mol. The van der Waals surface area contributed by atoms with Gasteiger partial charge in [0.2, 0.25) is 0 Å². The van der Waals surface area contributed by atoms with Crippen LogP contribution in [-0.2, 0) is 5.41 Å². The van der Waals surface area contributed by atoms with Crippen LogP contribution in [0, 0.1) is 0 Å². The highest BCUT2D eigenvalue weighted by molar-refractivity contribution is 5.23. The summed E-state index contributed by atoms with van der Waals surface area (Å²) in [6.07, 6.45) is 1.20. The minimum Gasteiger partial charge on any atom is -0.316 e. The number of benzene rings is 1. The summed E-state index contributed by atoms with van der Waals surface area (Å²) in [6.45, 7) is 8.92. The van der Waals surface area contributed by atoms with Crippen molar-refractivity contribution in [3.05, 3.63) is 35.9 Å². The molecule has 0 saturated heterocycles. The molecule has 1 nitrogen and oxygen atoms in total. The van der Waals surface area contributed by atoms with Crippen molar-refractivity contribution in [2.45, 2.75) is 32.6 Å². The Balaban J connectivity index is 2.56. The first-order chi connectivity index (χ1) is 6.67. The fraction of sp³-hybridized carbons (Fsp3) is 0.538. The van der Waals surface area contributed by atoms with E-state index in [0.29, 0.717) is 0 Å². The van der Waals surface area contributed by atoms with Crippen LogP contribution in [0.25, 0.3) is 0 Å². The van der Waals surface area contributed by atoms with E-state index < -0.39 is 0 Å². The smallest absolute Gasteiger partial charge is 0.00431 e. The Kier molecular flexibility index (Phi) is 4.15. The van der Waals surface area contributed by atoms with E-state index >= 15 is 0 Å². The summed E-state index contributed by atoms with van der Waals surface area (Å²) in [6, 6.07) is 10.7. The van der Waals surface area contributed by atoms with Gasteiger partial charge in [-0.3, -0.25) is 0 Å². The first-order valence-corrected chi connectivity index (χ1v) is 5.43. The lowest BCUT2D eigenvalue weighted by atomic mass is 9.84. The SMILES string of the molecule is CCCNCC(C)(C)c1ccccc1. The van der Waals surface area contributed by atoms with E-state index in [4.69, 9.17) is 0 Å². The zero-order valence-corrected chi connectivity index (χ0v) is 9.51. The maximum absolute atomic E-state index is 3.47. The van der Waals surface area contributed by atoms with Gasteiger partial charge in [-0.15, -0.1) is 0 Å². The second-order valence-corrected chi connectivity index (χ2v) is 4.43. The summed E-state index contributed by atoms with van der Waals surface area (Å²) < 4.78 is 0. The Morgan fingerprint density at radius 1 is 1.14 bits per heavy atom. The van der Waals surface area contributed by atoms with E-state index in [2.05, 4.69) is 56.4 Å². The van der Waals surface area contributed by atoms with Gasteiger partial charge in [0, 0.05) is 12.0 Å². The van der Waals surface area contributed by atoms with Gasteiger partial charge < -0.3 is 5.32 Å². The van der Waals surface area contributed by atoms with Crippen LogP contribution in [0.15, 0.2) is 30.3 Å². The Bertz CT molecular complexity index is 251. The van der Waals surface area contributed by atoms with Gasteiger partial charge >= 0.3 is 0 Å². The molecule has 0 aliphatic carbocycles. The summed E-state index contributed by atoms with van der Waals surface area (Å²) in [5.74, 6) is 0. The Morgan fingerprint density at radius 2 is 1.79 bits per heavy atom. The summed E-state index contributed by atoms with van der Waals surface area (Å²) >= 11 is 0. The summed E-state index contributed by atoms with van der Waals surface area (Å²) in [4.78, 5) is 0. The molecule has 1 rings (SSSR count). The maximum atomic E-state index is 3.47. The van der Waals surface area contributed by atoms with E-state index in [1.807, 2.05) is 0 Å². The largest absolute Gasteiger partial charge is 0.316 e. The number of hydrogen-bond donors (Lipinski definition) is 1. The van der Waals surface area contributed by atoms with E-state index in [-0.39, 0.29) is 5.41 Å². The van der Waals surface area contributed by atoms with E-state index in [9.17, 15) is 0 Å². The highest BCUT2D eigenvalue weighted by atomic mass is 14.9. The molecule has 0 aliphatic rings. The molecule has 0 saturated carbocycles. The molecule has 0 unspecified atom stereocenters. The third kappa shape index (κ3) is 3.15. The normalized spacial score (nSPS) is 11.6. The van der Waals surface area contributed by atoms with Crippen molar-refractivity contribution in [3.8, 4) is 0 Å². The molecule has 14 heavy (non-hydrogen) atoms. The lowest BCUT2D eigenvalue weighted by molar-refractivity contribution is 0.469. The molecule has 0 spiro atoms. The Labute approximate surface area is 87.5 Å². The molecule has 78 valence electrons. The van der Waals surface area contributed by atoms with E-state index in [0.717, 1.165) is 13.1 Å². The molecular formula is C13H21N. The highest BCUT2D eigenvalue weighted by Gasteiger charge is 2.18. The second-order valence-electron chi connectivity index (χ2n) is 4.43. The number of rotatable bonds is 5. The van der Waals surface area contributed by atoms with Crippen molar-refractivity contribution in [1.82, 2.24) is 5.32 Å². The van der Waals surface area contributed by atoms with Gasteiger partial charge in [0.05, 0.1) is 0 Å². The quantitative estimate of drug-likeness (QED) is 0.706. The molecule has 0 atom stereocenters. The topological polar surface area (TPSA) is 12.0 Å². The number of nitrogens with one attached hydrogen (secondary N) is 1. The van der Waals surface area contributed by atoms with Crippen molar-refractivity contribution in [2.75, 3.05) is 13.1 Å². The molecule has 0 heterocycles. The predicted molar refractivity (Wildman–Crippen MR) is 62.6 cm³/mol. The van der Waals surface area contributed by atoms with E-state index in [1.165, 1.54) is 12.0 Å². The molecule has 0 aliphatic heterocycles. The van der Waals surface area contributed by atoms with Crippen molar-refractivity contribution in [2.24, 2.45) is 0 Å². The van der Waals surface area contributed by atoms with Crippen LogP contribution in [0.5, 0.6) is 0 Å². The number of hydrogen-bond acceptors (Lipinski definition) is 1. The second kappa shape index (κ2) is 5.16. The minimum atomic E-state index is 0.233. The van der Waals surface area contributed by atoms with Gasteiger partial charge in [0.15, 0.2) is 0 Å². The fourth-order valence-corrected chi connectivity index (χ4v) is 1.57. The monoisotopic (exact) mass is 191 g/mol. The van der Waals surface area contributed by atoms with Crippen molar-refractivity contribution < 1.29 is 0 Å². The minimum absolute atomic E-state index is 0.233. The first kappa shape index (κ1) is 11.3. The standard InChI is InChI=1S/C13H21N/c1-4-10-14-11-13(2,3)12-8-6-5-7-9-12/h5-9,14H,4,10-11H2,1-3H3. The molecule has 1 N–H and O–H groups in total. The van der Waals surface area contributed by atoms with E-state index in [1.54, 1.807) is 0 Å². The highest BCUT2D eigenvalue weighted by Crippen LogP contribution is 2.21. The lowest BCUT2D eigenvalue weighted by Gasteiger charge is -2.25. The van der Waals surface area contributed by atoms with Crippen LogP contribution < -0.4 is 5.32 Å². The van der Waals surface area contributed by atoms with Gasteiger partial charge in [-0.2, -0.15) is 0 Å².